The number of hydrogen-bond acceptors (Lipinski definition) is 3. The van der Waals surface area contributed by atoms with Crippen molar-refractivity contribution in [1.29, 1.82) is 5.26 Å². The Morgan fingerprint density at radius 1 is 1.20 bits per heavy atom. The van der Waals surface area contributed by atoms with Gasteiger partial charge in [-0.1, -0.05) is 38.7 Å². The molecule has 0 radical (unpaired) electrons. The fourth-order valence-electron chi connectivity index (χ4n) is 4.40. The summed E-state index contributed by atoms with van der Waals surface area (Å²) in [7, 11) is 0. The van der Waals surface area contributed by atoms with Crippen LogP contribution < -0.4 is 0 Å². The van der Waals surface area contributed by atoms with Gasteiger partial charge in [0.2, 0.25) is 0 Å². The Balaban J connectivity index is 1.85. The molecule has 20 heavy (non-hydrogen) atoms. The van der Waals surface area contributed by atoms with Crippen LogP contribution >= 0.6 is 0 Å². The molecule has 0 aromatic rings. The predicted molar refractivity (Wildman–Crippen MR) is 78.7 cm³/mol. The van der Waals surface area contributed by atoms with E-state index in [4.69, 9.17) is 4.84 Å². The summed E-state index contributed by atoms with van der Waals surface area (Å²) >= 11 is 0. The summed E-state index contributed by atoms with van der Waals surface area (Å²) in [5, 5.41) is 11.6. The van der Waals surface area contributed by atoms with E-state index in [1.54, 1.807) is 0 Å². The Morgan fingerprint density at radius 2 is 1.90 bits per heavy atom. The van der Waals surface area contributed by atoms with E-state index < -0.39 is 0 Å². The average Bonchev–Trinajstić information content (AvgIpc) is 2.47. The van der Waals surface area contributed by atoms with Crippen LogP contribution in [-0.2, 0) is 4.84 Å². The minimum atomic E-state index is -0.241. The minimum absolute atomic E-state index is 0.125. The molecule has 1 aliphatic heterocycles. The van der Waals surface area contributed by atoms with Crippen LogP contribution in [0, 0.1) is 17.2 Å². The van der Waals surface area contributed by atoms with E-state index in [0.29, 0.717) is 12.0 Å². The fraction of sp³-hybridized carbons (Fsp3) is 0.824. The quantitative estimate of drug-likeness (QED) is 0.679. The second-order valence-electron chi connectivity index (χ2n) is 6.96. The maximum Gasteiger partial charge on any atom is 0.143 e. The third-order valence-electron chi connectivity index (χ3n) is 5.58. The molecule has 2 aliphatic carbocycles. The van der Waals surface area contributed by atoms with Gasteiger partial charge in [0.1, 0.15) is 6.04 Å². The lowest BCUT2D eigenvalue weighted by Gasteiger charge is -2.53. The van der Waals surface area contributed by atoms with Crippen molar-refractivity contribution in [3.8, 4) is 6.07 Å². The van der Waals surface area contributed by atoms with Crippen molar-refractivity contribution < 1.29 is 4.84 Å². The van der Waals surface area contributed by atoms with Gasteiger partial charge >= 0.3 is 0 Å². The van der Waals surface area contributed by atoms with Gasteiger partial charge in [-0.25, -0.2) is 0 Å². The maximum atomic E-state index is 9.60. The first kappa shape index (κ1) is 14.1. The largest absolute Gasteiger partial charge is 0.290 e. The molecule has 3 atom stereocenters. The normalized spacial score (nSPS) is 40.1. The highest BCUT2D eigenvalue weighted by Gasteiger charge is 2.50. The van der Waals surface area contributed by atoms with Crippen LogP contribution in [0.1, 0.15) is 64.7 Å². The summed E-state index contributed by atoms with van der Waals surface area (Å²) in [4.78, 5) is 6.44. The number of nitriles is 1. The molecule has 3 fully saturated rings. The summed E-state index contributed by atoms with van der Waals surface area (Å²) in [6.45, 7) is 6.52. The molecule has 3 nitrogen and oxygen atoms in total. The zero-order valence-corrected chi connectivity index (χ0v) is 12.6. The molecule has 0 N–H and O–H groups in total. The molecule has 1 heterocycles. The van der Waals surface area contributed by atoms with Crippen LogP contribution in [0.2, 0.25) is 0 Å². The Kier molecular flexibility index (Phi) is 3.88. The minimum Gasteiger partial charge on any atom is -0.290 e. The van der Waals surface area contributed by atoms with Crippen molar-refractivity contribution in [3.05, 3.63) is 12.2 Å². The van der Waals surface area contributed by atoms with E-state index in [9.17, 15) is 5.26 Å². The molecular formula is C17H26N2O. The van der Waals surface area contributed by atoms with Gasteiger partial charge < -0.3 is 0 Å². The number of nitrogens with zero attached hydrogens (tertiary/aromatic N) is 2. The van der Waals surface area contributed by atoms with Crippen LogP contribution in [0.3, 0.4) is 0 Å². The van der Waals surface area contributed by atoms with Crippen LogP contribution in [0.25, 0.3) is 0 Å². The van der Waals surface area contributed by atoms with Crippen molar-refractivity contribution in [2.75, 3.05) is 0 Å². The lowest BCUT2D eigenvalue weighted by Crippen LogP contribution is -2.59. The maximum absolute atomic E-state index is 9.60. The monoisotopic (exact) mass is 274 g/mol. The molecule has 3 unspecified atom stereocenters. The molecule has 3 rings (SSSR count). The first-order chi connectivity index (χ1) is 9.65. The molecule has 1 saturated heterocycles. The van der Waals surface area contributed by atoms with E-state index in [1.807, 2.05) is 5.06 Å². The third kappa shape index (κ3) is 2.29. The summed E-state index contributed by atoms with van der Waals surface area (Å²) in [6.07, 6.45) is 10.9. The summed E-state index contributed by atoms with van der Waals surface area (Å²) in [6, 6.07) is 2.62. The number of hydrogen-bond donors (Lipinski definition) is 0. The highest BCUT2D eigenvalue weighted by molar-refractivity contribution is 5.25. The van der Waals surface area contributed by atoms with Crippen molar-refractivity contribution in [2.45, 2.75) is 82.4 Å². The van der Waals surface area contributed by atoms with Gasteiger partial charge in [-0.15, -0.1) is 0 Å². The van der Waals surface area contributed by atoms with Crippen molar-refractivity contribution in [3.63, 3.8) is 0 Å². The van der Waals surface area contributed by atoms with Gasteiger partial charge in [-0.3, -0.25) is 4.84 Å². The van der Waals surface area contributed by atoms with Gasteiger partial charge in [-0.05, 0) is 38.2 Å². The second kappa shape index (κ2) is 5.50. The van der Waals surface area contributed by atoms with Gasteiger partial charge in [0.05, 0.1) is 11.7 Å². The molecule has 0 amide bonds. The van der Waals surface area contributed by atoms with Crippen LogP contribution in [-0.4, -0.2) is 22.7 Å². The van der Waals surface area contributed by atoms with Crippen LogP contribution in [0.15, 0.2) is 12.2 Å². The van der Waals surface area contributed by atoms with Gasteiger partial charge in [0.15, 0.2) is 0 Å². The average molecular weight is 274 g/mol. The third-order valence-corrected chi connectivity index (χ3v) is 5.58. The topological polar surface area (TPSA) is 36.3 Å². The molecule has 0 spiro atoms. The first-order valence-corrected chi connectivity index (χ1v) is 8.21. The fourth-order valence-corrected chi connectivity index (χ4v) is 4.40. The molecule has 2 saturated carbocycles. The van der Waals surface area contributed by atoms with E-state index in [-0.39, 0.29) is 11.6 Å². The highest BCUT2D eigenvalue weighted by Crippen LogP contribution is 2.47. The summed E-state index contributed by atoms with van der Waals surface area (Å²) in [5.41, 5.74) is 0.978. The molecule has 3 aliphatic rings. The predicted octanol–water partition coefficient (Wildman–Crippen LogP) is 3.96. The van der Waals surface area contributed by atoms with Crippen LogP contribution in [0.5, 0.6) is 0 Å². The Morgan fingerprint density at radius 3 is 2.60 bits per heavy atom. The van der Waals surface area contributed by atoms with E-state index in [0.717, 1.165) is 31.3 Å². The Hall–Kier alpha value is -0.850. The van der Waals surface area contributed by atoms with Gasteiger partial charge in [-0.2, -0.15) is 10.3 Å². The zero-order chi connectivity index (χ0) is 14.2. The van der Waals surface area contributed by atoms with Crippen LogP contribution in [0.4, 0.5) is 0 Å². The summed E-state index contributed by atoms with van der Waals surface area (Å²) in [5.74, 6) is 0.362. The Labute approximate surface area is 122 Å². The SMILES string of the molecule is C=C1C(C#N)N(C2CCCCC2)OC2(C)CCCCC12. The van der Waals surface area contributed by atoms with E-state index in [2.05, 4.69) is 19.6 Å². The molecular weight excluding hydrogens is 248 g/mol. The standard InChI is InChI=1S/C17H26N2O/c1-13-15-10-6-7-11-17(15,2)20-19(16(13)12-18)14-8-4-3-5-9-14/h14-16H,1,3-11H2,2H3. The lowest BCUT2D eigenvalue weighted by atomic mass is 9.70. The molecule has 0 aromatic heterocycles. The molecule has 0 aromatic carbocycles. The molecule has 0 bridgehead atoms. The van der Waals surface area contributed by atoms with Crippen molar-refractivity contribution in [2.24, 2.45) is 5.92 Å². The first-order valence-electron chi connectivity index (χ1n) is 8.21. The molecule has 3 heteroatoms. The number of rotatable bonds is 1. The van der Waals surface area contributed by atoms with Gasteiger partial charge in [0.25, 0.3) is 0 Å². The summed E-state index contributed by atoms with van der Waals surface area (Å²) < 4.78 is 0. The Bertz CT molecular complexity index is 421. The van der Waals surface area contributed by atoms with E-state index >= 15 is 0 Å². The van der Waals surface area contributed by atoms with Gasteiger partial charge in [0, 0.05) is 12.0 Å². The van der Waals surface area contributed by atoms with Crippen molar-refractivity contribution >= 4 is 0 Å². The number of fused-ring (bicyclic) bond motifs is 1. The smallest absolute Gasteiger partial charge is 0.143 e. The number of hydroxylamine groups is 2. The lowest BCUT2D eigenvalue weighted by molar-refractivity contribution is -0.310. The zero-order valence-electron chi connectivity index (χ0n) is 12.6. The van der Waals surface area contributed by atoms with E-state index in [1.165, 1.54) is 32.1 Å². The second-order valence-corrected chi connectivity index (χ2v) is 6.96. The van der Waals surface area contributed by atoms with Crippen molar-refractivity contribution in [1.82, 2.24) is 5.06 Å². The highest BCUT2D eigenvalue weighted by atomic mass is 16.7. The molecule has 110 valence electrons.